The molecule has 0 spiro atoms. The van der Waals surface area contributed by atoms with Crippen molar-refractivity contribution in [3.05, 3.63) is 35.6 Å². The molecule has 0 aliphatic heterocycles. The highest BCUT2D eigenvalue weighted by Gasteiger charge is 2.35. The fourth-order valence-electron chi connectivity index (χ4n) is 2.49. The summed E-state index contributed by atoms with van der Waals surface area (Å²) in [7, 11) is 0. The van der Waals surface area contributed by atoms with Gasteiger partial charge in [-0.05, 0) is 30.4 Å². The van der Waals surface area contributed by atoms with Crippen LogP contribution in [0.4, 0.5) is 4.39 Å². The highest BCUT2D eigenvalue weighted by Crippen LogP contribution is 2.28. The summed E-state index contributed by atoms with van der Waals surface area (Å²) < 4.78 is 13.6. The molecule has 0 saturated heterocycles. The first-order valence-electron chi connectivity index (χ1n) is 6.74. The standard InChI is InChI=1S/C15H18FNO3/c1-9(12-4-2-3-5-13(12)16)6-14(18)17-11-7-10(8-11)15(19)20/h2-5,9-11H,6-8H2,1H3,(H,17,18)(H,19,20). The van der Waals surface area contributed by atoms with E-state index in [1.165, 1.54) is 6.07 Å². The number of nitrogens with one attached hydrogen (secondary N) is 1. The molecule has 1 atom stereocenters. The molecule has 1 saturated carbocycles. The van der Waals surface area contributed by atoms with Crippen LogP contribution in [0.1, 0.15) is 37.7 Å². The number of rotatable bonds is 5. The van der Waals surface area contributed by atoms with E-state index < -0.39 is 5.97 Å². The van der Waals surface area contributed by atoms with Crippen molar-refractivity contribution in [3.63, 3.8) is 0 Å². The molecule has 20 heavy (non-hydrogen) atoms. The third kappa shape index (κ3) is 3.35. The van der Waals surface area contributed by atoms with Crippen LogP contribution < -0.4 is 5.32 Å². The second-order valence-corrected chi connectivity index (χ2v) is 5.40. The molecule has 0 bridgehead atoms. The van der Waals surface area contributed by atoms with Crippen molar-refractivity contribution in [1.82, 2.24) is 5.32 Å². The number of amides is 1. The minimum Gasteiger partial charge on any atom is -0.481 e. The first-order chi connectivity index (χ1) is 9.47. The number of hydrogen-bond donors (Lipinski definition) is 2. The lowest BCUT2D eigenvalue weighted by Crippen LogP contribution is -2.46. The van der Waals surface area contributed by atoms with Crippen molar-refractivity contribution in [2.75, 3.05) is 0 Å². The monoisotopic (exact) mass is 279 g/mol. The van der Waals surface area contributed by atoms with Gasteiger partial charge in [-0.1, -0.05) is 25.1 Å². The molecular weight excluding hydrogens is 261 g/mol. The van der Waals surface area contributed by atoms with Crippen LogP contribution in [-0.2, 0) is 9.59 Å². The Balaban J connectivity index is 1.81. The van der Waals surface area contributed by atoms with Crippen molar-refractivity contribution < 1.29 is 19.1 Å². The number of aliphatic carboxylic acids is 1. The predicted octanol–water partition coefficient (Wildman–Crippen LogP) is 2.30. The van der Waals surface area contributed by atoms with E-state index >= 15 is 0 Å². The zero-order valence-electron chi connectivity index (χ0n) is 11.3. The summed E-state index contributed by atoms with van der Waals surface area (Å²) in [6.07, 6.45) is 1.17. The molecule has 1 fully saturated rings. The van der Waals surface area contributed by atoms with Gasteiger partial charge >= 0.3 is 5.97 Å². The van der Waals surface area contributed by atoms with Gasteiger partial charge in [-0.15, -0.1) is 0 Å². The van der Waals surface area contributed by atoms with Gasteiger partial charge in [-0.3, -0.25) is 9.59 Å². The highest BCUT2D eigenvalue weighted by atomic mass is 19.1. The number of hydrogen-bond acceptors (Lipinski definition) is 2. The Labute approximate surface area is 117 Å². The number of carboxylic acids is 1. The normalized spacial score (nSPS) is 22.7. The maximum atomic E-state index is 13.6. The average Bonchev–Trinajstić information content (AvgIpc) is 2.33. The second-order valence-electron chi connectivity index (χ2n) is 5.40. The van der Waals surface area contributed by atoms with Gasteiger partial charge in [-0.25, -0.2) is 4.39 Å². The van der Waals surface area contributed by atoms with Gasteiger partial charge < -0.3 is 10.4 Å². The minimum atomic E-state index is -0.810. The molecule has 108 valence electrons. The van der Waals surface area contributed by atoms with E-state index in [2.05, 4.69) is 5.32 Å². The molecule has 0 aromatic heterocycles. The van der Waals surface area contributed by atoms with Crippen LogP contribution in [0.2, 0.25) is 0 Å². The lowest BCUT2D eigenvalue weighted by atomic mass is 9.80. The number of carboxylic acid groups (broad SMARTS) is 1. The second kappa shape index (κ2) is 6.03. The van der Waals surface area contributed by atoms with Gasteiger partial charge in [-0.2, -0.15) is 0 Å². The van der Waals surface area contributed by atoms with Gasteiger partial charge in [0, 0.05) is 12.5 Å². The van der Waals surface area contributed by atoms with Gasteiger partial charge in [0.1, 0.15) is 5.82 Å². The Morgan fingerprint density at radius 2 is 2.05 bits per heavy atom. The van der Waals surface area contributed by atoms with Gasteiger partial charge in [0.2, 0.25) is 5.91 Å². The Kier molecular flexibility index (Phi) is 4.37. The van der Waals surface area contributed by atoms with Crippen LogP contribution in [0.5, 0.6) is 0 Å². The zero-order valence-corrected chi connectivity index (χ0v) is 11.3. The smallest absolute Gasteiger partial charge is 0.306 e. The summed E-state index contributed by atoms with van der Waals surface area (Å²) in [4.78, 5) is 22.5. The molecule has 2 N–H and O–H groups in total. The molecule has 1 aliphatic carbocycles. The molecular formula is C15H18FNO3. The van der Waals surface area contributed by atoms with Crippen LogP contribution in [0, 0.1) is 11.7 Å². The fourth-order valence-corrected chi connectivity index (χ4v) is 2.49. The number of carbonyl (C=O) groups is 2. The van der Waals surface area contributed by atoms with E-state index in [1.54, 1.807) is 25.1 Å². The van der Waals surface area contributed by atoms with Gasteiger partial charge in [0.15, 0.2) is 0 Å². The van der Waals surface area contributed by atoms with E-state index in [0.29, 0.717) is 18.4 Å². The van der Waals surface area contributed by atoms with Crippen LogP contribution >= 0.6 is 0 Å². The van der Waals surface area contributed by atoms with E-state index in [9.17, 15) is 14.0 Å². The van der Waals surface area contributed by atoms with Crippen molar-refractivity contribution in [2.45, 2.75) is 38.1 Å². The summed E-state index contributed by atoms with van der Waals surface area (Å²) in [6.45, 7) is 1.80. The summed E-state index contributed by atoms with van der Waals surface area (Å²) in [5.74, 6) is -1.82. The minimum absolute atomic E-state index is 0.0589. The molecule has 1 aliphatic rings. The topological polar surface area (TPSA) is 66.4 Å². The summed E-state index contributed by atoms with van der Waals surface area (Å²) in [5, 5.41) is 11.6. The van der Waals surface area contributed by atoms with Crippen molar-refractivity contribution >= 4 is 11.9 Å². The van der Waals surface area contributed by atoms with Crippen molar-refractivity contribution in [2.24, 2.45) is 5.92 Å². The lowest BCUT2D eigenvalue weighted by Gasteiger charge is -2.33. The molecule has 5 heteroatoms. The Morgan fingerprint density at radius 1 is 1.40 bits per heavy atom. The number of halogens is 1. The highest BCUT2D eigenvalue weighted by molar-refractivity contribution is 5.78. The third-order valence-corrected chi connectivity index (χ3v) is 3.78. The van der Waals surface area contributed by atoms with E-state index in [0.717, 1.165) is 0 Å². The molecule has 2 rings (SSSR count). The van der Waals surface area contributed by atoms with Gasteiger partial charge in [0.25, 0.3) is 0 Å². The van der Waals surface area contributed by atoms with E-state index in [1.807, 2.05) is 0 Å². The molecule has 0 radical (unpaired) electrons. The molecule has 1 aromatic rings. The lowest BCUT2D eigenvalue weighted by molar-refractivity contribution is -0.146. The van der Waals surface area contributed by atoms with Crippen molar-refractivity contribution in [1.29, 1.82) is 0 Å². The Hall–Kier alpha value is -1.91. The molecule has 4 nitrogen and oxygen atoms in total. The largest absolute Gasteiger partial charge is 0.481 e. The number of carbonyl (C=O) groups excluding carboxylic acids is 1. The fraction of sp³-hybridized carbons (Fsp3) is 0.467. The first kappa shape index (κ1) is 14.5. The molecule has 1 amide bonds. The summed E-state index contributed by atoms with van der Waals surface area (Å²) in [5.41, 5.74) is 0.527. The maximum absolute atomic E-state index is 13.6. The van der Waals surface area contributed by atoms with E-state index in [-0.39, 0.29) is 36.0 Å². The quantitative estimate of drug-likeness (QED) is 0.869. The van der Waals surface area contributed by atoms with Crippen LogP contribution in [0.25, 0.3) is 0 Å². The predicted molar refractivity (Wildman–Crippen MR) is 71.7 cm³/mol. The third-order valence-electron chi connectivity index (χ3n) is 3.78. The maximum Gasteiger partial charge on any atom is 0.306 e. The number of benzene rings is 1. The van der Waals surface area contributed by atoms with Gasteiger partial charge in [0.05, 0.1) is 5.92 Å². The molecule has 1 unspecified atom stereocenters. The Bertz CT molecular complexity index is 512. The van der Waals surface area contributed by atoms with Crippen molar-refractivity contribution in [3.8, 4) is 0 Å². The SMILES string of the molecule is CC(CC(=O)NC1CC(C(=O)O)C1)c1ccccc1F. The zero-order chi connectivity index (χ0) is 14.7. The summed E-state index contributed by atoms with van der Waals surface area (Å²) in [6, 6.07) is 6.36. The van der Waals surface area contributed by atoms with E-state index in [4.69, 9.17) is 5.11 Å². The van der Waals surface area contributed by atoms with Crippen LogP contribution in [-0.4, -0.2) is 23.0 Å². The summed E-state index contributed by atoms with van der Waals surface area (Å²) >= 11 is 0. The average molecular weight is 279 g/mol. The molecule has 0 heterocycles. The first-order valence-corrected chi connectivity index (χ1v) is 6.74. The van der Waals surface area contributed by atoms with Crippen LogP contribution in [0.3, 0.4) is 0 Å². The Morgan fingerprint density at radius 3 is 2.65 bits per heavy atom. The molecule has 1 aromatic carbocycles. The van der Waals surface area contributed by atoms with Crippen LogP contribution in [0.15, 0.2) is 24.3 Å².